The van der Waals surface area contributed by atoms with Crippen molar-refractivity contribution in [3.8, 4) is 11.5 Å². The van der Waals surface area contributed by atoms with Crippen LogP contribution in [0.1, 0.15) is 27.7 Å². The Morgan fingerprint density at radius 3 is 1.42 bits per heavy atom. The monoisotopic (exact) mass is 1080 g/mol. The smallest absolute Gasteiger partial charge is 0.297 e. The molecule has 5 rings (SSSR count). The van der Waals surface area contributed by atoms with Crippen LogP contribution in [0.25, 0.3) is 0 Å². The highest BCUT2D eigenvalue weighted by Crippen LogP contribution is 2.45. The topological polar surface area (TPSA) is 266 Å². The number of thioether (sulfide) groups is 1. The average Bonchev–Trinajstić information content (AvgIpc) is 3.82. The lowest BCUT2D eigenvalue weighted by Gasteiger charge is -2.25. The van der Waals surface area contributed by atoms with Crippen LogP contribution in [0, 0.1) is 0 Å². The van der Waals surface area contributed by atoms with Crippen LogP contribution in [0.2, 0.25) is 0 Å². The van der Waals surface area contributed by atoms with Crippen molar-refractivity contribution in [2.45, 2.75) is 42.6 Å². The zero-order chi connectivity index (χ0) is 45.4. The Hall–Kier alpha value is -4.06. The quantitative estimate of drug-likeness (QED) is 0.0260. The van der Waals surface area contributed by atoms with Gasteiger partial charge < -0.3 is 35.0 Å². The Labute approximate surface area is 387 Å². The molecular weight excluding hydrogens is 1040 g/mol. The van der Waals surface area contributed by atoms with E-state index in [1.165, 1.54) is 26.4 Å². The van der Waals surface area contributed by atoms with Crippen molar-refractivity contribution in [1.29, 1.82) is 0 Å². The van der Waals surface area contributed by atoms with Crippen LogP contribution in [-0.2, 0) is 20.2 Å². The molecule has 0 fully saturated rings. The number of benzene rings is 2. The Bertz CT molecular complexity index is 2500. The molecule has 0 atom stereocenters. The van der Waals surface area contributed by atoms with E-state index in [-0.39, 0.29) is 50.8 Å². The van der Waals surface area contributed by atoms with Gasteiger partial charge in [0.2, 0.25) is 11.9 Å². The number of hydrogen-bond acceptors (Lipinski definition) is 21. The minimum absolute atomic E-state index is 0.0226. The zero-order valence-corrected chi connectivity index (χ0v) is 41.1. The third kappa shape index (κ3) is 12.1. The molecule has 5 N–H and O–H groups in total. The van der Waals surface area contributed by atoms with E-state index in [0.29, 0.717) is 68.0 Å². The minimum atomic E-state index is -4.63. The maximum Gasteiger partial charge on any atom is 0.297 e. The van der Waals surface area contributed by atoms with Crippen molar-refractivity contribution in [2.24, 2.45) is 20.5 Å². The van der Waals surface area contributed by atoms with Crippen LogP contribution in [0.5, 0.6) is 11.5 Å². The van der Waals surface area contributed by atoms with Gasteiger partial charge in [0.15, 0.2) is 15.2 Å². The van der Waals surface area contributed by atoms with Gasteiger partial charge in [0.1, 0.15) is 32.7 Å². The molecule has 3 aromatic heterocycles. The SMILES string of the molecule is CCN(CC)c1cc(Nc2nc(Nc3cc(N(CC)CC)c(OC)cc3N=Nc3sc(Br)cc3S(=O)(=O)O)nc(SCCO)n2)c(N=Nc2sc(Br)cc2S(=O)(=O)O)cc1OC. The Morgan fingerprint density at radius 2 is 1.08 bits per heavy atom. The van der Waals surface area contributed by atoms with Gasteiger partial charge in [-0.1, -0.05) is 11.8 Å². The summed E-state index contributed by atoms with van der Waals surface area (Å²) in [6, 6.07) is 9.18. The van der Waals surface area contributed by atoms with E-state index >= 15 is 0 Å². The van der Waals surface area contributed by atoms with Gasteiger partial charge in [-0.2, -0.15) is 31.8 Å². The third-order valence-electron chi connectivity index (χ3n) is 8.58. The Morgan fingerprint density at radius 1 is 0.677 bits per heavy atom. The number of halogens is 2. The maximum absolute atomic E-state index is 12.1. The number of hydrogen-bond donors (Lipinski definition) is 5. The number of aromatic nitrogens is 3. The highest BCUT2D eigenvalue weighted by atomic mass is 79.9. The van der Waals surface area contributed by atoms with Crippen LogP contribution < -0.4 is 29.9 Å². The number of methoxy groups -OCH3 is 2. The van der Waals surface area contributed by atoms with Crippen molar-refractivity contribution in [3.63, 3.8) is 0 Å². The normalized spacial score (nSPS) is 12.0. The van der Waals surface area contributed by atoms with Crippen molar-refractivity contribution >= 4 is 143 Å². The third-order valence-corrected chi connectivity index (χ3v) is 14.4. The fraction of sp³-hybridized carbons (Fsp3) is 0.343. The van der Waals surface area contributed by atoms with Crippen molar-refractivity contribution in [3.05, 3.63) is 44.0 Å². The second-order valence-electron chi connectivity index (χ2n) is 12.3. The van der Waals surface area contributed by atoms with Gasteiger partial charge in [-0.05, 0) is 83.8 Å². The molecule has 20 nitrogen and oxygen atoms in total. The molecule has 0 aliphatic heterocycles. The molecule has 62 heavy (non-hydrogen) atoms. The van der Waals surface area contributed by atoms with Crippen LogP contribution in [0.3, 0.4) is 0 Å². The van der Waals surface area contributed by atoms with Gasteiger partial charge in [0.25, 0.3) is 20.2 Å². The van der Waals surface area contributed by atoms with E-state index in [9.17, 15) is 31.0 Å². The van der Waals surface area contributed by atoms with Gasteiger partial charge >= 0.3 is 0 Å². The first kappa shape index (κ1) is 49.0. The van der Waals surface area contributed by atoms with E-state index in [1.807, 2.05) is 37.5 Å². The predicted octanol–water partition coefficient (Wildman–Crippen LogP) is 10.1. The number of aliphatic hydroxyl groups excluding tert-OH is 1. The van der Waals surface area contributed by atoms with Crippen LogP contribution in [0.15, 0.2) is 79.4 Å². The molecule has 0 saturated carbocycles. The summed E-state index contributed by atoms with van der Waals surface area (Å²) in [5.74, 6) is 1.17. The molecule has 0 aliphatic carbocycles. The first-order valence-corrected chi connectivity index (χ1v) is 25.4. The number of nitrogens with zero attached hydrogens (tertiary/aromatic N) is 9. The zero-order valence-electron chi connectivity index (χ0n) is 33.8. The fourth-order valence-electron chi connectivity index (χ4n) is 5.72. The van der Waals surface area contributed by atoms with Crippen molar-refractivity contribution in [2.75, 3.05) is 73.2 Å². The number of ether oxygens (including phenoxy) is 2. The van der Waals surface area contributed by atoms with Gasteiger partial charge in [-0.25, -0.2) is 0 Å². The Kier molecular flexibility index (Phi) is 17.0. The molecule has 0 bridgehead atoms. The van der Waals surface area contributed by atoms with Gasteiger partial charge in [-0.3, -0.25) is 9.11 Å². The molecule has 2 aromatic carbocycles. The van der Waals surface area contributed by atoms with E-state index in [4.69, 9.17) is 9.47 Å². The summed E-state index contributed by atoms with van der Waals surface area (Å²) < 4.78 is 80.5. The van der Waals surface area contributed by atoms with E-state index in [0.717, 1.165) is 34.4 Å². The van der Waals surface area contributed by atoms with E-state index in [2.05, 4.69) is 77.9 Å². The molecular formula is C35H41Br2N11O9S5. The van der Waals surface area contributed by atoms with Gasteiger partial charge in [0.05, 0.1) is 51.1 Å². The predicted molar refractivity (Wildman–Crippen MR) is 249 cm³/mol. The van der Waals surface area contributed by atoms with Gasteiger partial charge in [-0.15, -0.1) is 43.1 Å². The molecule has 3 heterocycles. The Balaban J connectivity index is 1.67. The van der Waals surface area contributed by atoms with Crippen LogP contribution in [-0.4, -0.2) is 98.8 Å². The lowest BCUT2D eigenvalue weighted by atomic mass is 10.2. The van der Waals surface area contributed by atoms with Crippen LogP contribution >= 0.6 is 66.3 Å². The summed E-state index contributed by atoms with van der Waals surface area (Å²) >= 11 is 9.54. The van der Waals surface area contributed by atoms with Crippen molar-refractivity contribution < 1.29 is 40.5 Å². The largest absolute Gasteiger partial charge is 0.494 e. The fourth-order valence-corrected chi connectivity index (χ4v) is 11.3. The summed E-state index contributed by atoms with van der Waals surface area (Å²) in [7, 11) is -6.26. The summed E-state index contributed by atoms with van der Waals surface area (Å²) in [4.78, 5) is 17.1. The summed E-state index contributed by atoms with van der Waals surface area (Å²) in [5, 5.41) is 33.3. The van der Waals surface area contributed by atoms with E-state index in [1.54, 1.807) is 24.3 Å². The van der Waals surface area contributed by atoms with Crippen molar-refractivity contribution in [1.82, 2.24) is 15.0 Å². The molecule has 0 aliphatic rings. The average molecular weight is 1080 g/mol. The molecule has 334 valence electrons. The number of aliphatic hydroxyl groups is 1. The second kappa shape index (κ2) is 21.5. The molecule has 0 unspecified atom stereocenters. The number of nitrogens with one attached hydrogen (secondary N) is 2. The maximum atomic E-state index is 12.1. The molecule has 0 saturated heterocycles. The minimum Gasteiger partial charge on any atom is -0.494 e. The molecule has 5 aromatic rings. The molecule has 0 spiro atoms. The first-order valence-electron chi connectivity index (χ1n) is 18.3. The van der Waals surface area contributed by atoms with Crippen LogP contribution in [0.4, 0.5) is 56.0 Å². The number of thiophene rings is 2. The lowest BCUT2D eigenvalue weighted by molar-refractivity contribution is 0.322. The second-order valence-corrected chi connectivity index (χ2v) is 21.0. The highest BCUT2D eigenvalue weighted by molar-refractivity contribution is 9.11. The molecule has 0 amide bonds. The number of anilines is 6. The summed E-state index contributed by atoms with van der Waals surface area (Å²) in [6.07, 6.45) is 0. The summed E-state index contributed by atoms with van der Waals surface area (Å²) in [6.45, 7) is 10.2. The first-order chi connectivity index (χ1) is 29.5. The number of azo groups is 2. The highest BCUT2D eigenvalue weighted by Gasteiger charge is 2.23. The standard InChI is InChI=1S/C35H41Br2N11O9S5/c1-7-47(8-2)23-13-19(21(15-25(23)56-5)43-45-31-27(61(50,51)52)17-29(36)59-31)38-33-40-34(42-35(41-33)58-12-11-49)39-20-14-24(48(9-3)10-4)26(57-6)16-22(20)44-46-32-28(62(53,54)55)18-30(37)60-32/h13-18,49H,7-12H2,1-6H3,(H,50,51,52)(H,53,54,55)(H2,38,39,40,41,42). The molecule has 0 radical (unpaired) electrons. The summed E-state index contributed by atoms with van der Waals surface area (Å²) in [5.41, 5.74) is 2.41. The molecule has 27 heteroatoms. The van der Waals surface area contributed by atoms with E-state index < -0.39 is 30.0 Å². The number of rotatable bonds is 21. The van der Waals surface area contributed by atoms with Gasteiger partial charge in [0, 0.05) is 44.1 Å². The lowest BCUT2D eigenvalue weighted by Crippen LogP contribution is -2.22.